The number of aryl methyl sites for hydroxylation is 1. The molecule has 1 aliphatic carbocycles. The standard InChI is InChI=1S/C16H24N4S/c1-6-9-7-10-12(19-14(17)20-13(10)21-9)18-8-11-15(2,3)16(11,4)5/h7,11H,6,8H2,1-5H3,(H3,17,18,19,20). The van der Waals surface area contributed by atoms with Crippen LogP contribution in [0.3, 0.4) is 0 Å². The number of nitrogens with two attached hydrogens (primary N) is 1. The SMILES string of the molecule is CCc1cc2c(NCC3C(C)(C)C3(C)C)nc(N)nc2s1. The van der Waals surface area contributed by atoms with Gasteiger partial charge in [0.2, 0.25) is 5.95 Å². The molecule has 1 fully saturated rings. The van der Waals surface area contributed by atoms with E-state index in [0.29, 0.717) is 22.7 Å². The van der Waals surface area contributed by atoms with Crippen molar-refractivity contribution < 1.29 is 0 Å². The summed E-state index contributed by atoms with van der Waals surface area (Å²) in [5.41, 5.74) is 6.60. The fourth-order valence-corrected chi connectivity index (χ4v) is 4.31. The quantitative estimate of drug-likeness (QED) is 0.898. The van der Waals surface area contributed by atoms with Crippen molar-refractivity contribution in [2.75, 3.05) is 17.6 Å². The zero-order valence-corrected chi connectivity index (χ0v) is 14.3. The van der Waals surface area contributed by atoms with Gasteiger partial charge in [-0.2, -0.15) is 4.98 Å². The summed E-state index contributed by atoms with van der Waals surface area (Å²) < 4.78 is 0. The number of hydrogen-bond acceptors (Lipinski definition) is 5. The summed E-state index contributed by atoms with van der Waals surface area (Å²) in [5, 5.41) is 4.61. The maximum Gasteiger partial charge on any atom is 0.223 e. The lowest BCUT2D eigenvalue weighted by Gasteiger charge is -2.08. The van der Waals surface area contributed by atoms with Gasteiger partial charge >= 0.3 is 0 Å². The topological polar surface area (TPSA) is 63.8 Å². The molecule has 0 aromatic carbocycles. The van der Waals surface area contributed by atoms with E-state index in [9.17, 15) is 0 Å². The molecule has 2 heterocycles. The third-order valence-electron chi connectivity index (χ3n) is 5.60. The Morgan fingerprint density at radius 3 is 2.48 bits per heavy atom. The van der Waals surface area contributed by atoms with Crippen molar-refractivity contribution in [3.63, 3.8) is 0 Å². The van der Waals surface area contributed by atoms with E-state index in [0.717, 1.165) is 29.0 Å². The summed E-state index contributed by atoms with van der Waals surface area (Å²) in [7, 11) is 0. The smallest absolute Gasteiger partial charge is 0.223 e. The van der Waals surface area contributed by atoms with Gasteiger partial charge in [-0.05, 0) is 29.2 Å². The molecule has 0 saturated heterocycles. The van der Waals surface area contributed by atoms with E-state index in [-0.39, 0.29) is 0 Å². The molecule has 0 aliphatic heterocycles. The zero-order valence-electron chi connectivity index (χ0n) is 13.4. The highest BCUT2D eigenvalue weighted by Crippen LogP contribution is 2.68. The number of fused-ring (bicyclic) bond motifs is 1. The van der Waals surface area contributed by atoms with E-state index in [1.807, 2.05) is 0 Å². The van der Waals surface area contributed by atoms with E-state index in [2.05, 4.69) is 56.0 Å². The fourth-order valence-electron chi connectivity index (χ4n) is 3.34. The van der Waals surface area contributed by atoms with Crippen molar-refractivity contribution in [3.8, 4) is 0 Å². The molecule has 0 amide bonds. The molecular formula is C16H24N4S. The molecule has 0 bridgehead atoms. The molecule has 5 heteroatoms. The minimum atomic E-state index is 0.351. The second-order valence-electron chi connectivity index (χ2n) is 7.09. The molecule has 3 N–H and O–H groups in total. The molecule has 3 rings (SSSR count). The van der Waals surface area contributed by atoms with Crippen molar-refractivity contribution in [1.82, 2.24) is 9.97 Å². The number of nitrogens with zero attached hydrogens (tertiary/aromatic N) is 2. The first kappa shape index (κ1) is 14.6. The molecule has 4 nitrogen and oxygen atoms in total. The maximum atomic E-state index is 5.85. The predicted molar refractivity (Wildman–Crippen MR) is 90.7 cm³/mol. The molecule has 0 spiro atoms. The van der Waals surface area contributed by atoms with Gasteiger partial charge in [-0.3, -0.25) is 0 Å². The van der Waals surface area contributed by atoms with Crippen LogP contribution in [0.1, 0.15) is 39.5 Å². The van der Waals surface area contributed by atoms with E-state index in [4.69, 9.17) is 5.73 Å². The van der Waals surface area contributed by atoms with Gasteiger partial charge in [-0.15, -0.1) is 11.3 Å². The molecule has 114 valence electrons. The third kappa shape index (κ3) is 2.18. The van der Waals surface area contributed by atoms with Gasteiger partial charge in [-0.1, -0.05) is 34.6 Å². The van der Waals surface area contributed by atoms with Crippen molar-refractivity contribution in [2.45, 2.75) is 41.0 Å². The molecule has 2 aromatic heterocycles. The Morgan fingerprint density at radius 2 is 1.90 bits per heavy atom. The van der Waals surface area contributed by atoms with Crippen LogP contribution < -0.4 is 11.1 Å². The van der Waals surface area contributed by atoms with Gasteiger partial charge in [0.25, 0.3) is 0 Å². The van der Waals surface area contributed by atoms with Gasteiger partial charge in [0.05, 0.1) is 5.39 Å². The predicted octanol–water partition coefficient (Wildman–Crippen LogP) is 3.93. The normalized spacial score (nSPS) is 19.9. The second kappa shape index (κ2) is 4.57. The number of nitrogen functional groups attached to an aromatic ring is 1. The Bertz CT molecular complexity index is 673. The number of anilines is 2. The Labute approximate surface area is 130 Å². The van der Waals surface area contributed by atoms with Gasteiger partial charge in [0.1, 0.15) is 10.6 Å². The lowest BCUT2D eigenvalue weighted by Crippen LogP contribution is -2.10. The Morgan fingerprint density at radius 1 is 1.24 bits per heavy atom. The van der Waals surface area contributed by atoms with Crippen LogP contribution in [0.2, 0.25) is 0 Å². The Balaban J connectivity index is 1.86. The molecular weight excluding hydrogens is 280 g/mol. The van der Waals surface area contributed by atoms with Crippen LogP contribution in [0.15, 0.2) is 6.07 Å². The van der Waals surface area contributed by atoms with Crippen LogP contribution in [0.5, 0.6) is 0 Å². The Kier molecular flexibility index (Phi) is 3.17. The van der Waals surface area contributed by atoms with E-state index >= 15 is 0 Å². The summed E-state index contributed by atoms with van der Waals surface area (Å²) >= 11 is 1.70. The van der Waals surface area contributed by atoms with Gasteiger partial charge in [0.15, 0.2) is 0 Å². The summed E-state index contributed by atoms with van der Waals surface area (Å²) in [6.45, 7) is 12.4. The fraction of sp³-hybridized carbons (Fsp3) is 0.625. The molecule has 0 atom stereocenters. The largest absolute Gasteiger partial charge is 0.369 e. The lowest BCUT2D eigenvalue weighted by atomic mass is 10.0. The third-order valence-corrected chi connectivity index (χ3v) is 6.78. The van der Waals surface area contributed by atoms with E-state index in [1.54, 1.807) is 11.3 Å². The monoisotopic (exact) mass is 304 g/mol. The summed E-state index contributed by atoms with van der Waals surface area (Å²) in [6, 6.07) is 2.19. The van der Waals surface area contributed by atoms with Crippen LogP contribution in [-0.2, 0) is 6.42 Å². The van der Waals surface area contributed by atoms with Crippen LogP contribution in [0, 0.1) is 16.7 Å². The average molecular weight is 304 g/mol. The second-order valence-corrected chi connectivity index (χ2v) is 8.21. The van der Waals surface area contributed by atoms with Crippen molar-refractivity contribution >= 4 is 33.3 Å². The van der Waals surface area contributed by atoms with Gasteiger partial charge in [0, 0.05) is 11.4 Å². The highest BCUT2D eigenvalue weighted by atomic mass is 32.1. The molecule has 2 aromatic rings. The van der Waals surface area contributed by atoms with Gasteiger partial charge in [-0.25, -0.2) is 4.98 Å². The Hall–Kier alpha value is -1.36. The summed E-state index contributed by atoms with van der Waals surface area (Å²) in [5.74, 6) is 1.89. The molecule has 0 unspecified atom stereocenters. The zero-order chi connectivity index (χ0) is 15.4. The first-order chi connectivity index (χ1) is 9.77. The molecule has 21 heavy (non-hydrogen) atoms. The van der Waals surface area contributed by atoms with E-state index in [1.165, 1.54) is 4.88 Å². The van der Waals surface area contributed by atoms with Crippen molar-refractivity contribution in [3.05, 3.63) is 10.9 Å². The average Bonchev–Trinajstić information content (AvgIpc) is 2.74. The molecule has 1 saturated carbocycles. The van der Waals surface area contributed by atoms with Crippen LogP contribution in [0.4, 0.5) is 11.8 Å². The minimum absolute atomic E-state index is 0.351. The minimum Gasteiger partial charge on any atom is -0.369 e. The first-order valence-corrected chi connectivity index (χ1v) is 8.39. The van der Waals surface area contributed by atoms with Crippen LogP contribution in [0.25, 0.3) is 10.2 Å². The molecule has 0 radical (unpaired) electrons. The molecule has 1 aliphatic rings. The summed E-state index contributed by atoms with van der Waals surface area (Å²) in [4.78, 5) is 11.1. The number of nitrogens with one attached hydrogen (secondary N) is 1. The van der Waals surface area contributed by atoms with Crippen molar-refractivity contribution in [1.29, 1.82) is 0 Å². The lowest BCUT2D eigenvalue weighted by molar-refractivity contribution is 0.457. The maximum absolute atomic E-state index is 5.85. The first-order valence-electron chi connectivity index (χ1n) is 7.57. The van der Waals surface area contributed by atoms with Crippen LogP contribution >= 0.6 is 11.3 Å². The number of aromatic nitrogens is 2. The highest BCUT2D eigenvalue weighted by molar-refractivity contribution is 7.18. The number of thiophene rings is 1. The number of rotatable bonds is 4. The van der Waals surface area contributed by atoms with Crippen molar-refractivity contribution in [2.24, 2.45) is 16.7 Å². The van der Waals surface area contributed by atoms with Crippen LogP contribution in [-0.4, -0.2) is 16.5 Å². The van der Waals surface area contributed by atoms with Gasteiger partial charge < -0.3 is 11.1 Å². The number of hydrogen-bond donors (Lipinski definition) is 2. The highest BCUT2D eigenvalue weighted by Gasteiger charge is 2.64. The van der Waals surface area contributed by atoms with E-state index < -0.39 is 0 Å². The summed E-state index contributed by atoms with van der Waals surface area (Å²) in [6.07, 6.45) is 1.02.